The first kappa shape index (κ1) is 15.5. The molecule has 0 aliphatic rings. The van der Waals surface area contributed by atoms with E-state index in [-0.39, 0.29) is 18.3 Å². The van der Waals surface area contributed by atoms with Gasteiger partial charge in [-0.1, -0.05) is 30.3 Å². The molecule has 0 fully saturated rings. The number of hydrogen-bond donors (Lipinski definition) is 3. The van der Waals surface area contributed by atoms with Gasteiger partial charge in [-0.2, -0.15) is 0 Å². The van der Waals surface area contributed by atoms with Gasteiger partial charge in [0.25, 0.3) is 0 Å². The highest BCUT2D eigenvalue weighted by molar-refractivity contribution is 5.94. The van der Waals surface area contributed by atoms with Crippen LogP contribution in [0.15, 0.2) is 54.6 Å². The van der Waals surface area contributed by atoms with Crippen molar-refractivity contribution in [1.29, 1.82) is 0 Å². The van der Waals surface area contributed by atoms with E-state index >= 15 is 0 Å². The Hall–Kier alpha value is -2.89. The average molecular weight is 301 g/mol. The van der Waals surface area contributed by atoms with E-state index in [9.17, 15) is 14.0 Å². The average Bonchev–Trinajstić information content (AvgIpc) is 2.54. The van der Waals surface area contributed by atoms with Crippen molar-refractivity contribution in [3.8, 4) is 0 Å². The molecule has 3 amide bonds. The molecule has 22 heavy (non-hydrogen) atoms. The number of halogens is 1. The van der Waals surface area contributed by atoms with E-state index in [0.717, 1.165) is 5.56 Å². The lowest BCUT2D eigenvalue weighted by Crippen LogP contribution is -2.39. The molecule has 0 spiro atoms. The molecule has 0 saturated carbocycles. The molecule has 0 aliphatic heterocycles. The fraction of sp³-hybridized carbons (Fsp3) is 0.125. The molecule has 2 aromatic rings. The number of amides is 3. The van der Waals surface area contributed by atoms with Gasteiger partial charge in [-0.05, 0) is 29.8 Å². The number of hydrogen-bond acceptors (Lipinski definition) is 2. The molecule has 0 heterocycles. The fourth-order valence-electron chi connectivity index (χ4n) is 1.74. The molecule has 114 valence electrons. The first-order chi connectivity index (χ1) is 10.6. The third-order valence-electron chi connectivity index (χ3n) is 2.83. The predicted molar refractivity (Wildman–Crippen MR) is 81.7 cm³/mol. The lowest BCUT2D eigenvalue weighted by Gasteiger charge is -2.08. The Morgan fingerprint density at radius 3 is 2.27 bits per heavy atom. The minimum atomic E-state index is -0.432. The Bertz CT molecular complexity index is 630. The summed E-state index contributed by atoms with van der Waals surface area (Å²) in [4.78, 5) is 23.2. The van der Waals surface area contributed by atoms with E-state index < -0.39 is 6.03 Å². The summed E-state index contributed by atoms with van der Waals surface area (Å²) in [6.45, 7) is 0.213. The van der Waals surface area contributed by atoms with Crippen molar-refractivity contribution in [2.24, 2.45) is 0 Å². The molecular formula is C16H16FN3O2. The number of benzene rings is 2. The zero-order chi connectivity index (χ0) is 15.8. The number of nitrogens with one attached hydrogen (secondary N) is 3. The summed E-state index contributed by atoms with van der Waals surface area (Å²) in [6, 6.07) is 14.4. The normalized spacial score (nSPS) is 9.86. The molecule has 0 aliphatic carbocycles. The van der Waals surface area contributed by atoms with Crippen molar-refractivity contribution in [1.82, 2.24) is 10.6 Å². The third kappa shape index (κ3) is 5.24. The van der Waals surface area contributed by atoms with Crippen molar-refractivity contribution in [3.05, 3.63) is 66.0 Å². The zero-order valence-electron chi connectivity index (χ0n) is 11.8. The molecule has 0 saturated heterocycles. The summed E-state index contributed by atoms with van der Waals surface area (Å²) in [7, 11) is 0. The summed E-state index contributed by atoms with van der Waals surface area (Å²) < 4.78 is 12.7. The molecule has 0 bridgehead atoms. The van der Waals surface area contributed by atoms with Gasteiger partial charge in [0.05, 0.1) is 6.54 Å². The van der Waals surface area contributed by atoms with Gasteiger partial charge in [-0.15, -0.1) is 0 Å². The maximum Gasteiger partial charge on any atom is 0.315 e. The largest absolute Gasteiger partial charge is 0.334 e. The minimum absolute atomic E-state index is 0.169. The molecule has 2 aromatic carbocycles. The first-order valence-electron chi connectivity index (χ1n) is 6.74. The number of anilines is 1. The van der Waals surface area contributed by atoms with Crippen LogP contribution in [0.5, 0.6) is 0 Å². The number of carbonyl (C=O) groups excluding carboxylic acids is 2. The summed E-state index contributed by atoms with van der Waals surface area (Å²) in [5, 5.41) is 7.64. The lowest BCUT2D eigenvalue weighted by atomic mass is 10.2. The van der Waals surface area contributed by atoms with Crippen molar-refractivity contribution >= 4 is 17.6 Å². The maximum absolute atomic E-state index is 12.7. The van der Waals surface area contributed by atoms with Crippen LogP contribution in [0.25, 0.3) is 0 Å². The SMILES string of the molecule is O=C(CNC(=O)NCc1ccccc1)Nc1ccc(F)cc1. The molecule has 5 nitrogen and oxygen atoms in total. The van der Waals surface area contributed by atoms with Crippen LogP contribution >= 0.6 is 0 Å². The van der Waals surface area contributed by atoms with Crippen LogP contribution in [0.1, 0.15) is 5.56 Å². The fourth-order valence-corrected chi connectivity index (χ4v) is 1.74. The van der Waals surface area contributed by atoms with E-state index in [1.54, 1.807) is 0 Å². The van der Waals surface area contributed by atoms with Gasteiger partial charge in [0.1, 0.15) is 5.82 Å². The highest BCUT2D eigenvalue weighted by atomic mass is 19.1. The quantitative estimate of drug-likeness (QED) is 0.793. The Labute approximate surface area is 127 Å². The van der Waals surface area contributed by atoms with E-state index in [1.165, 1.54) is 24.3 Å². The maximum atomic E-state index is 12.7. The standard InChI is InChI=1S/C16H16FN3O2/c17-13-6-8-14(9-7-13)20-15(21)11-19-16(22)18-10-12-4-2-1-3-5-12/h1-9H,10-11H2,(H,20,21)(H2,18,19,22). The van der Waals surface area contributed by atoms with E-state index in [0.29, 0.717) is 12.2 Å². The van der Waals surface area contributed by atoms with Crippen LogP contribution in [-0.2, 0) is 11.3 Å². The molecule has 0 atom stereocenters. The number of carbonyl (C=O) groups is 2. The van der Waals surface area contributed by atoms with Crippen LogP contribution in [0.4, 0.5) is 14.9 Å². The molecule has 2 rings (SSSR count). The van der Waals surface area contributed by atoms with Gasteiger partial charge < -0.3 is 16.0 Å². The highest BCUT2D eigenvalue weighted by Crippen LogP contribution is 2.07. The summed E-state index contributed by atoms with van der Waals surface area (Å²) >= 11 is 0. The van der Waals surface area contributed by atoms with Gasteiger partial charge in [-0.3, -0.25) is 4.79 Å². The first-order valence-corrected chi connectivity index (χ1v) is 6.74. The molecule has 0 unspecified atom stereocenters. The summed E-state index contributed by atoms with van der Waals surface area (Å²) in [5.74, 6) is -0.766. The Balaban J connectivity index is 1.69. The third-order valence-corrected chi connectivity index (χ3v) is 2.83. The molecule has 0 aromatic heterocycles. The second-order valence-corrected chi connectivity index (χ2v) is 4.58. The monoisotopic (exact) mass is 301 g/mol. The van der Waals surface area contributed by atoms with Gasteiger partial charge >= 0.3 is 6.03 Å². The smallest absolute Gasteiger partial charge is 0.315 e. The Morgan fingerprint density at radius 1 is 0.909 bits per heavy atom. The van der Waals surface area contributed by atoms with Crippen molar-refractivity contribution < 1.29 is 14.0 Å². The second kappa shape index (κ2) is 7.78. The van der Waals surface area contributed by atoms with Gasteiger partial charge in [-0.25, -0.2) is 9.18 Å². The Kier molecular flexibility index (Phi) is 5.48. The highest BCUT2D eigenvalue weighted by Gasteiger charge is 2.05. The van der Waals surface area contributed by atoms with Crippen molar-refractivity contribution in [2.75, 3.05) is 11.9 Å². The second-order valence-electron chi connectivity index (χ2n) is 4.58. The minimum Gasteiger partial charge on any atom is -0.334 e. The van der Waals surface area contributed by atoms with E-state index in [2.05, 4.69) is 16.0 Å². The topological polar surface area (TPSA) is 70.2 Å². The van der Waals surface area contributed by atoms with Crippen molar-refractivity contribution in [3.63, 3.8) is 0 Å². The van der Waals surface area contributed by atoms with E-state index in [1.807, 2.05) is 30.3 Å². The summed E-state index contributed by atoms with van der Waals surface area (Å²) in [5.41, 5.74) is 1.44. The zero-order valence-corrected chi connectivity index (χ0v) is 11.8. The molecule has 6 heteroatoms. The van der Waals surface area contributed by atoms with Gasteiger partial charge in [0, 0.05) is 12.2 Å². The number of urea groups is 1. The molecular weight excluding hydrogens is 285 g/mol. The Morgan fingerprint density at radius 2 is 1.59 bits per heavy atom. The number of rotatable bonds is 5. The van der Waals surface area contributed by atoms with Crippen LogP contribution in [-0.4, -0.2) is 18.5 Å². The predicted octanol–water partition coefficient (Wildman–Crippen LogP) is 2.26. The lowest BCUT2D eigenvalue weighted by molar-refractivity contribution is -0.115. The van der Waals surface area contributed by atoms with Crippen LogP contribution in [0, 0.1) is 5.82 Å². The van der Waals surface area contributed by atoms with Crippen LogP contribution in [0.3, 0.4) is 0 Å². The van der Waals surface area contributed by atoms with Crippen LogP contribution < -0.4 is 16.0 Å². The van der Waals surface area contributed by atoms with Crippen LogP contribution in [0.2, 0.25) is 0 Å². The molecule has 0 radical (unpaired) electrons. The summed E-state index contributed by atoms with van der Waals surface area (Å²) in [6.07, 6.45) is 0. The van der Waals surface area contributed by atoms with Gasteiger partial charge in [0.2, 0.25) is 5.91 Å². The van der Waals surface area contributed by atoms with E-state index in [4.69, 9.17) is 0 Å². The molecule has 3 N–H and O–H groups in total. The van der Waals surface area contributed by atoms with Crippen molar-refractivity contribution in [2.45, 2.75) is 6.54 Å². The van der Waals surface area contributed by atoms with Gasteiger partial charge in [0.15, 0.2) is 0 Å².